The quantitative estimate of drug-likeness (QED) is 0.917. The fourth-order valence-corrected chi connectivity index (χ4v) is 4.10. The molecule has 0 aromatic heterocycles. The Balaban J connectivity index is 1.78. The molecule has 1 saturated heterocycles. The molecular weight excluding hydrogens is 312 g/mol. The second kappa shape index (κ2) is 6.08. The molecule has 1 aliphatic heterocycles. The van der Waals surface area contributed by atoms with E-state index in [1.165, 1.54) is 0 Å². The summed E-state index contributed by atoms with van der Waals surface area (Å²) in [5.41, 5.74) is -0.140. The Labute approximate surface area is 143 Å². The van der Waals surface area contributed by atoms with Crippen molar-refractivity contribution in [2.45, 2.75) is 36.7 Å². The summed E-state index contributed by atoms with van der Waals surface area (Å²) in [6.07, 6.45) is 3.49. The van der Waals surface area contributed by atoms with E-state index in [1.807, 2.05) is 48.2 Å². The smallest absolute Gasteiger partial charge is 0.233 e. The van der Waals surface area contributed by atoms with Gasteiger partial charge < -0.3 is 14.9 Å². The van der Waals surface area contributed by atoms with Gasteiger partial charge in [-0.15, -0.1) is 0 Å². The number of halogens is 1. The van der Waals surface area contributed by atoms with E-state index in [0.717, 1.165) is 24.8 Å². The minimum atomic E-state index is -0.788. The van der Waals surface area contributed by atoms with Crippen molar-refractivity contribution in [2.24, 2.45) is 0 Å². The molecule has 1 aromatic carbocycles. The van der Waals surface area contributed by atoms with E-state index in [9.17, 15) is 9.90 Å². The molecule has 3 rings (SSSR count). The zero-order valence-electron chi connectivity index (χ0n) is 13.9. The maximum absolute atomic E-state index is 13.2. The lowest BCUT2D eigenvalue weighted by Crippen LogP contribution is -2.52. The van der Waals surface area contributed by atoms with Gasteiger partial charge in [0, 0.05) is 18.1 Å². The number of likely N-dealkylation sites (N-methyl/N-ethyl adjacent to an activating group) is 1. The van der Waals surface area contributed by atoms with Crippen molar-refractivity contribution in [1.82, 2.24) is 9.80 Å². The van der Waals surface area contributed by atoms with Gasteiger partial charge in [0.2, 0.25) is 5.91 Å². The molecule has 5 heteroatoms. The first-order valence-corrected chi connectivity index (χ1v) is 8.65. The second-order valence-electron chi connectivity index (χ2n) is 7.38. The molecule has 2 fully saturated rings. The molecule has 126 valence electrons. The van der Waals surface area contributed by atoms with Gasteiger partial charge in [0.15, 0.2) is 0 Å². The highest BCUT2D eigenvalue weighted by Crippen LogP contribution is 2.46. The normalized spacial score (nSPS) is 26.4. The third kappa shape index (κ3) is 3.12. The van der Waals surface area contributed by atoms with Gasteiger partial charge in [-0.05, 0) is 51.1 Å². The Morgan fingerprint density at radius 2 is 1.91 bits per heavy atom. The molecule has 1 aliphatic carbocycles. The predicted molar refractivity (Wildman–Crippen MR) is 91.7 cm³/mol. The molecule has 2 aliphatic rings. The molecular formula is C18H25ClN2O2. The van der Waals surface area contributed by atoms with Crippen LogP contribution in [0.3, 0.4) is 0 Å². The number of likely N-dealkylation sites (tertiary alicyclic amines) is 1. The maximum Gasteiger partial charge on any atom is 0.233 e. The SMILES string of the molecule is CN(C)C[C@@]1(O)CCN(C(=O)C2(c3ccc(Cl)cc3)CCC2)C1. The standard InChI is InChI=1S/C18H25ClN2O2/c1-20(2)12-17(23)10-11-21(13-17)16(22)18(8-3-9-18)14-4-6-15(19)7-5-14/h4-7,23H,3,8-13H2,1-2H3/t17-/m0/s1. The van der Waals surface area contributed by atoms with Gasteiger partial charge in [0.05, 0.1) is 17.6 Å². The molecule has 23 heavy (non-hydrogen) atoms. The van der Waals surface area contributed by atoms with Crippen molar-refractivity contribution in [3.8, 4) is 0 Å². The Morgan fingerprint density at radius 1 is 1.26 bits per heavy atom. The molecule has 1 atom stereocenters. The Hall–Kier alpha value is -1.10. The third-order valence-corrected chi connectivity index (χ3v) is 5.50. The molecule has 0 unspecified atom stereocenters. The summed E-state index contributed by atoms with van der Waals surface area (Å²) < 4.78 is 0. The van der Waals surface area contributed by atoms with E-state index in [0.29, 0.717) is 31.1 Å². The monoisotopic (exact) mass is 336 g/mol. The predicted octanol–water partition coefficient (Wildman–Crippen LogP) is 2.29. The number of hydrogen-bond donors (Lipinski definition) is 1. The van der Waals surface area contributed by atoms with E-state index < -0.39 is 11.0 Å². The van der Waals surface area contributed by atoms with Crippen LogP contribution in [0.1, 0.15) is 31.2 Å². The van der Waals surface area contributed by atoms with Gasteiger partial charge in [-0.2, -0.15) is 0 Å². The molecule has 1 heterocycles. The molecule has 1 saturated carbocycles. The van der Waals surface area contributed by atoms with Gasteiger partial charge in [-0.3, -0.25) is 4.79 Å². The highest BCUT2D eigenvalue weighted by atomic mass is 35.5. The zero-order chi connectivity index (χ0) is 16.7. The van der Waals surface area contributed by atoms with Gasteiger partial charge in [0.1, 0.15) is 0 Å². The third-order valence-electron chi connectivity index (χ3n) is 5.24. The molecule has 0 spiro atoms. The summed E-state index contributed by atoms with van der Waals surface area (Å²) in [6, 6.07) is 7.66. The van der Waals surface area contributed by atoms with Crippen LogP contribution in [0, 0.1) is 0 Å². The fourth-order valence-electron chi connectivity index (χ4n) is 3.98. The molecule has 1 aromatic rings. The second-order valence-corrected chi connectivity index (χ2v) is 7.82. The minimum absolute atomic E-state index is 0.167. The van der Waals surface area contributed by atoms with Crippen LogP contribution < -0.4 is 0 Å². The van der Waals surface area contributed by atoms with Crippen LogP contribution >= 0.6 is 11.6 Å². The lowest BCUT2D eigenvalue weighted by Gasteiger charge is -2.43. The molecule has 0 radical (unpaired) electrons. The summed E-state index contributed by atoms with van der Waals surface area (Å²) >= 11 is 5.98. The molecule has 0 bridgehead atoms. The van der Waals surface area contributed by atoms with Crippen LogP contribution in [0.15, 0.2) is 24.3 Å². The van der Waals surface area contributed by atoms with Crippen molar-refractivity contribution in [3.63, 3.8) is 0 Å². The maximum atomic E-state index is 13.2. The Morgan fingerprint density at radius 3 is 2.43 bits per heavy atom. The summed E-state index contributed by atoms with van der Waals surface area (Å²) in [7, 11) is 3.90. The van der Waals surface area contributed by atoms with Crippen molar-refractivity contribution in [2.75, 3.05) is 33.7 Å². The highest BCUT2D eigenvalue weighted by Gasteiger charge is 2.50. The lowest BCUT2D eigenvalue weighted by molar-refractivity contribution is -0.141. The summed E-state index contributed by atoms with van der Waals surface area (Å²) in [5.74, 6) is 0.167. The molecule has 1 amide bonds. The first-order valence-electron chi connectivity index (χ1n) is 8.27. The zero-order valence-corrected chi connectivity index (χ0v) is 14.6. The van der Waals surface area contributed by atoms with Crippen LogP contribution in [0.5, 0.6) is 0 Å². The van der Waals surface area contributed by atoms with E-state index in [1.54, 1.807) is 0 Å². The summed E-state index contributed by atoms with van der Waals surface area (Å²) in [6.45, 7) is 1.66. The summed E-state index contributed by atoms with van der Waals surface area (Å²) in [4.78, 5) is 17.0. The van der Waals surface area contributed by atoms with Crippen LogP contribution in [0.2, 0.25) is 5.02 Å². The fraction of sp³-hybridized carbons (Fsp3) is 0.611. The van der Waals surface area contributed by atoms with Crippen molar-refractivity contribution in [1.29, 1.82) is 0 Å². The average Bonchev–Trinajstić information content (AvgIpc) is 2.80. The van der Waals surface area contributed by atoms with Crippen molar-refractivity contribution >= 4 is 17.5 Å². The van der Waals surface area contributed by atoms with Gasteiger partial charge in [0.25, 0.3) is 0 Å². The molecule has 1 N–H and O–H groups in total. The largest absolute Gasteiger partial charge is 0.387 e. The van der Waals surface area contributed by atoms with E-state index in [4.69, 9.17) is 11.6 Å². The Bertz CT molecular complexity index is 583. The van der Waals surface area contributed by atoms with Gasteiger partial charge in [-0.1, -0.05) is 30.2 Å². The highest BCUT2D eigenvalue weighted by molar-refractivity contribution is 6.30. The Kier molecular flexibility index (Phi) is 4.43. The van der Waals surface area contributed by atoms with Gasteiger partial charge >= 0.3 is 0 Å². The first kappa shape index (κ1) is 16.7. The number of hydrogen-bond acceptors (Lipinski definition) is 3. The van der Waals surface area contributed by atoms with E-state index in [2.05, 4.69) is 0 Å². The number of amides is 1. The first-order chi connectivity index (χ1) is 10.8. The van der Waals surface area contributed by atoms with E-state index in [-0.39, 0.29) is 5.91 Å². The molecule has 4 nitrogen and oxygen atoms in total. The number of carbonyl (C=O) groups excluding carboxylic acids is 1. The van der Waals surface area contributed by atoms with E-state index >= 15 is 0 Å². The number of β-amino-alcohol motifs (C(OH)–C–C–N with tert-alkyl or cyclic N) is 1. The van der Waals surface area contributed by atoms with Crippen molar-refractivity contribution in [3.05, 3.63) is 34.9 Å². The van der Waals surface area contributed by atoms with Crippen molar-refractivity contribution < 1.29 is 9.90 Å². The number of benzene rings is 1. The van der Waals surface area contributed by atoms with Crippen LogP contribution in [0.4, 0.5) is 0 Å². The number of aliphatic hydroxyl groups is 1. The average molecular weight is 337 g/mol. The number of carbonyl (C=O) groups is 1. The topological polar surface area (TPSA) is 43.8 Å². The summed E-state index contributed by atoms with van der Waals surface area (Å²) in [5, 5.41) is 11.4. The van der Waals surface area contributed by atoms with Gasteiger partial charge in [-0.25, -0.2) is 0 Å². The number of nitrogens with zero attached hydrogens (tertiary/aromatic N) is 2. The minimum Gasteiger partial charge on any atom is -0.387 e. The van der Waals surface area contributed by atoms with Crippen LogP contribution in [-0.4, -0.2) is 60.1 Å². The van der Waals surface area contributed by atoms with Crippen LogP contribution in [0.25, 0.3) is 0 Å². The number of rotatable bonds is 4. The van der Waals surface area contributed by atoms with Crippen LogP contribution in [-0.2, 0) is 10.2 Å². The lowest BCUT2D eigenvalue weighted by atomic mass is 9.63.